The third-order valence-electron chi connectivity index (χ3n) is 5.13. The second-order valence-corrected chi connectivity index (χ2v) is 7.67. The van der Waals surface area contributed by atoms with E-state index in [1.54, 1.807) is 31.5 Å². The summed E-state index contributed by atoms with van der Waals surface area (Å²) >= 11 is 0. The molecule has 8 heteroatoms. The lowest BCUT2D eigenvalue weighted by molar-refractivity contribution is 0.284. The van der Waals surface area contributed by atoms with Gasteiger partial charge in [-0.1, -0.05) is 60.2 Å². The van der Waals surface area contributed by atoms with E-state index < -0.39 is 5.56 Å². The van der Waals surface area contributed by atoms with E-state index in [9.17, 15) is 10.1 Å². The van der Waals surface area contributed by atoms with Crippen LogP contribution < -0.4 is 20.5 Å². The standard InChI is InChI=1S/C27H23N5O3/c1-18-7-6-8-20(13-18)17-35-23-12-11-19(14-24(23)34-2)16-29-32-27-30-25(21-9-4-3-5-10-21)22(15-28)26(33)31-27/h3-14,16H,17H2,1-2H3,(H2,30,31,32,33). The Balaban J connectivity index is 1.49. The number of rotatable bonds is 8. The van der Waals surface area contributed by atoms with E-state index in [4.69, 9.17) is 9.47 Å². The first kappa shape index (κ1) is 23.3. The summed E-state index contributed by atoms with van der Waals surface area (Å²) in [6.45, 7) is 2.46. The van der Waals surface area contributed by atoms with Crippen molar-refractivity contribution < 1.29 is 9.47 Å². The zero-order valence-electron chi connectivity index (χ0n) is 19.3. The number of benzene rings is 3. The van der Waals surface area contributed by atoms with Gasteiger partial charge in [0.1, 0.15) is 18.2 Å². The summed E-state index contributed by atoms with van der Waals surface area (Å²) in [5, 5.41) is 13.5. The first-order valence-corrected chi connectivity index (χ1v) is 10.8. The molecule has 0 spiro atoms. The Morgan fingerprint density at radius 1 is 1.09 bits per heavy atom. The third-order valence-corrected chi connectivity index (χ3v) is 5.13. The van der Waals surface area contributed by atoms with Gasteiger partial charge in [0.25, 0.3) is 5.56 Å². The normalized spacial score (nSPS) is 10.7. The van der Waals surface area contributed by atoms with Crippen molar-refractivity contribution in [2.45, 2.75) is 13.5 Å². The first-order valence-electron chi connectivity index (χ1n) is 10.8. The molecular weight excluding hydrogens is 442 g/mol. The summed E-state index contributed by atoms with van der Waals surface area (Å²) in [5.41, 5.74) is 6.05. The molecule has 0 amide bonds. The second kappa shape index (κ2) is 10.8. The van der Waals surface area contributed by atoms with Crippen LogP contribution in [0.5, 0.6) is 11.5 Å². The van der Waals surface area contributed by atoms with Crippen LogP contribution in [0.3, 0.4) is 0 Å². The Kier molecular flexibility index (Phi) is 7.19. The van der Waals surface area contributed by atoms with Gasteiger partial charge in [0, 0.05) is 5.56 Å². The van der Waals surface area contributed by atoms with Crippen LogP contribution in [0, 0.1) is 18.3 Å². The summed E-state index contributed by atoms with van der Waals surface area (Å²) in [4.78, 5) is 19.3. The molecule has 3 aromatic carbocycles. The van der Waals surface area contributed by atoms with Crippen LogP contribution >= 0.6 is 0 Å². The van der Waals surface area contributed by atoms with Crippen molar-refractivity contribution >= 4 is 12.2 Å². The van der Waals surface area contributed by atoms with Gasteiger partial charge in [-0.2, -0.15) is 10.4 Å². The van der Waals surface area contributed by atoms with Gasteiger partial charge in [-0.15, -0.1) is 0 Å². The molecule has 0 unspecified atom stereocenters. The SMILES string of the molecule is COc1cc(C=NNc2nc(-c3ccccc3)c(C#N)c(=O)[nH]2)ccc1OCc1cccc(C)c1. The highest BCUT2D eigenvalue weighted by Crippen LogP contribution is 2.28. The molecule has 35 heavy (non-hydrogen) atoms. The molecule has 0 saturated carbocycles. The van der Waals surface area contributed by atoms with Crippen molar-refractivity contribution in [1.82, 2.24) is 9.97 Å². The largest absolute Gasteiger partial charge is 0.493 e. The average Bonchev–Trinajstić information content (AvgIpc) is 2.88. The van der Waals surface area contributed by atoms with Crippen molar-refractivity contribution in [1.29, 1.82) is 5.26 Å². The number of ether oxygens (including phenoxy) is 2. The molecule has 0 aliphatic carbocycles. The monoisotopic (exact) mass is 465 g/mol. The molecule has 174 valence electrons. The molecule has 4 rings (SSSR count). The van der Waals surface area contributed by atoms with Crippen molar-refractivity contribution in [2.24, 2.45) is 5.10 Å². The highest BCUT2D eigenvalue weighted by Gasteiger charge is 2.13. The van der Waals surface area contributed by atoms with Crippen LogP contribution in [0.2, 0.25) is 0 Å². The summed E-state index contributed by atoms with van der Waals surface area (Å²) in [6, 6.07) is 24.5. The van der Waals surface area contributed by atoms with Crippen LogP contribution in [0.25, 0.3) is 11.3 Å². The van der Waals surface area contributed by atoms with E-state index in [2.05, 4.69) is 26.6 Å². The molecule has 0 aliphatic heterocycles. The number of nitriles is 1. The fraction of sp³-hybridized carbons (Fsp3) is 0.111. The molecule has 2 N–H and O–H groups in total. The lowest BCUT2D eigenvalue weighted by Gasteiger charge is -2.11. The Labute approximate surface area is 202 Å². The number of hydrazone groups is 1. The maximum atomic E-state index is 12.4. The lowest BCUT2D eigenvalue weighted by Crippen LogP contribution is -2.16. The molecule has 0 atom stereocenters. The van der Waals surface area contributed by atoms with Gasteiger partial charge in [0.05, 0.1) is 19.0 Å². The summed E-state index contributed by atoms with van der Waals surface area (Å²) in [5.74, 6) is 1.30. The molecule has 0 radical (unpaired) electrons. The van der Waals surface area contributed by atoms with Crippen LogP contribution in [0.4, 0.5) is 5.95 Å². The number of H-pyrrole nitrogens is 1. The molecule has 0 fully saturated rings. The quantitative estimate of drug-likeness (QED) is 0.289. The maximum absolute atomic E-state index is 12.4. The Hall–Kier alpha value is -4.90. The zero-order chi connectivity index (χ0) is 24.6. The van der Waals surface area contributed by atoms with Crippen molar-refractivity contribution in [2.75, 3.05) is 12.5 Å². The minimum Gasteiger partial charge on any atom is -0.493 e. The topological polar surface area (TPSA) is 112 Å². The second-order valence-electron chi connectivity index (χ2n) is 7.67. The minimum atomic E-state index is -0.546. The minimum absolute atomic E-state index is 0.0586. The molecule has 0 bridgehead atoms. The predicted molar refractivity (Wildman–Crippen MR) is 135 cm³/mol. The predicted octanol–water partition coefficient (Wildman–Crippen LogP) is 4.65. The summed E-state index contributed by atoms with van der Waals surface area (Å²) in [7, 11) is 1.57. The van der Waals surface area contributed by atoms with Crippen LogP contribution in [0.1, 0.15) is 22.3 Å². The fourth-order valence-electron chi connectivity index (χ4n) is 3.45. The summed E-state index contributed by atoms with van der Waals surface area (Å²) in [6.07, 6.45) is 1.56. The van der Waals surface area contributed by atoms with Crippen LogP contribution in [0.15, 0.2) is 82.7 Å². The van der Waals surface area contributed by atoms with E-state index >= 15 is 0 Å². The zero-order valence-corrected chi connectivity index (χ0v) is 19.3. The number of aryl methyl sites for hydroxylation is 1. The smallest absolute Gasteiger partial charge is 0.270 e. The van der Waals surface area contributed by atoms with Crippen LogP contribution in [-0.2, 0) is 6.61 Å². The Bertz CT molecular complexity index is 1460. The summed E-state index contributed by atoms with van der Waals surface area (Å²) < 4.78 is 11.4. The molecule has 8 nitrogen and oxygen atoms in total. The van der Waals surface area contributed by atoms with Gasteiger partial charge >= 0.3 is 0 Å². The van der Waals surface area contributed by atoms with E-state index in [-0.39, 0.29) is 17.2 Å². The van der Waals surface area contributed by atoms with Gasteiger partial charge in [0.2, 0.25) is 5.95 Å². The number of anilines is 1. The van der Waals surface area contributed by atoms with Gasteiger partial charge in [0.15, 0.2) is 11.5 Å². The van der Waals surface area contributed by atoms with E-state index in [1.165, 1.54) is 5.56 Å². The van der Waals surface area contributed by atoms with Gasteiger partial charge in [-0.25, -0.2) is 10.4 Å². The number of hydrogen-bond donors (Lipinski definition) is 2. The Morgan fingerprint density at radius 2 is 1.91 bits per heavy atom. The van der Waals surface area contributed by atoms with Gasteiger partial charge in [-0.3, -0.25) is 9.78 Å². The molecule has 4 aromatic rings. The van der Waals surface area contributed by atoms with Crippen molar-refractivity contribution in [3.63, 3.8) is 0 Å². The average molecular weight is 466 g/mol. The Morgan fingerprint density at radius 3 is 2.66 bits per heavy atom. The molecule has 1 aromatic heterocycles. The van der Waals surface area contributed by atoms with E-state index in [1.807, 2.05) is 61.5 Å². The van der Waals surface area contributed by atoms with E-state index in [0.717, 1.165) is 11.1 Å². The number of methoxy groups -OCH3 is 1. The number of nitrogens with zero attached hydrogens (tertiary/aromatic N) is 3. The number of nitrogens with one attached hydrogen (secondary N) is 2. The van der Waals surface area contributed by atoms with Gasteiger partial charge in [-0.05, 0) is 36.2 Å². The highest BCUT2D eigenvalue weighted by atomic mass is 16.5. The highest BCUT2D eigenvalue weighted by molar-refractivity contribution is 5.81. The van der Waals surface area contributed by atoms with E-state index in [0.29, 0.717) is 23.7 Å². The molecule has 0 aliphatic rings. The maximum Gasteiger partial charge on any atom is 0.270 e. The van der Waals surface area contributed by atoms with Crippen molar-refractivity contribution in [3.8, 4) is 28.8 Å². The number of aromatic amines is 1. The molecule has 1 heterocycles. The number of aromatic nitrogens is 2. The molecular formula is C27H23N5O3. The molecule has 0 saturated heterocycles. The first-order chi connectivity index (χ1) is 17.1. The fourth-order valence-corrected chi connectivity index (χ4v) is 3.45. The number of hydrogen-bond acceptors (Lipinski definition) is 7. The third kappa shape index (κ3) is 5.72. The van der Waals surface area contributed by atoms with Gasteiger partial charge < -0.3 is 9.47 Å². The lowest BCUT2D eigenvalue weighted by atomic mass is 10.1. The van der Waals surface area contributed by atoms with Crippen molar-refractivity contribution in [3.05, 3.63) is 105 Å². The van der Waals surface area contributed by atoms with Crippen LogP contribution in [-0.4, -0.2) is 23.3 Å².